The van der Waals surface area contributed by atoms with Gasteiger partial charge in [0.25, 0.3) is 0 Å². The highest BCUT2D eigenvalue weighted by atomic mass is 32.2. The highest BCUT2D eigenvalue weighted by molar-refractivity contribution is 7.88. The highest BCUT2D eigenvalue weighted by Gasteiger charge is 2.54. The van der Waals surface area contributed by atoms with Crippen molar-refractivity contribution in [2.45, 2.75) is 51.2 Å². The van der Waals surface area contributed by atoms with Crippen molar-refractivity contribution >= 4 is 21.9 Å². The van der Waals surface area contributed by atoms with Crippen molar-refractivity contribution in [1.82, 2.24) is 14.1 Å². The summed E-state index contributed by atoms with van der Waals surface area (Å²) in [4.78, 5) is 26.6. The Morgan fingerprint density at radius 1 is 1.07 bits per heavy atom. The van der Waals surface area contributed by atoms with Gasteiger partial charge in [0.2, 0.25) is 15.9 Å². The molecular weight excluding hydrogens is 427 g/mol. The van der Waals surface area contributed by atoms with Crippen LogP contribution in [0.4, 0.5) is 13.2 Å². The fourth-order valence-electron chi connectivity index (χ4n) is 4.77. The molecule has 0 aromatic carbocycles. The molecule has 30 heavy (non-hydrogen) atoms. The standard InChI is InChI=1S/C16H29N3O3S.C2HF3O2/c1-3-17-12-7-16(15(20)18-9-4-5-10-18)8-13-19(23(2,21)22)11-6-14(16)17;3-2(4,5)1(6)7/h14H,3-13H2,1-2H3;(H,6,7)/t14-,16-;/m1./s1. The number of sulfonamides is 1. The van der Waals surface area contributed by atoms with Crippen LogP contribution in [0, 0.1) is 5.41 Å². The fourth-order valence-corrected chi connectivity index (χ4v) is 5.63. The zero-order chi connectivity index (χ0) is 22.7. The average molecular weight is 458 g/mol. The molecule has 1 N–H and O–H groups in total. The Bertz CT molecular complexity index is 740. The third-order valence-electron chi connectivity index (χ3n) is 6.32. The Hall–Kier alpha value is -1.40. The first-order valence-electron chi connectivity index (χ1n) is 10.1. The Morgan fingerprint density at radius 2 is 1.60 bits per heavy atom. The number of hydrogen-bond donors (Lipinski definition) is 1. The number of likely N-dealkylation sites (tertiary alicyclic amines) is 2. The number of nitrogens with zero attached hydrogens (tertiary/aromatic N) is 3. The number of amides is 1. The lowest BCUT2D eigenvalue weighted by Crippen LogP contribution is -2.50. The summed E-state index contributed by atoms with van der Waals surface area (Å²) in [5.41, 5.74) is -0.375. The minimum Gasteiger partial charge on any atom is -0.475 e. The molecule has 0 spiro atoms. The van der Waals surface area contributed by atoms with Gasteiger partial charge in [-0.05, 0) is 45.2 Å². The molecule has 0 aliphatic carbocycles. The summed E-state index contributed by atoms with van der Waals surface area (Å²) >= 11 is 0. The van der Waals surface area contributed by atoms with E-state index in [0.29, 0.717) is 19.5 Å². The maximum Gasteiger partial charge on any atom is 0.490 e. The first-order chi connectivity index (χ1) is 13.8. The summed E-state index contributed by atoms with van der Waals surface area (Å²) in [6, 6.07) is 0.187. The molecule has 8 nitrogen and oxygen atoms in total. The number of rotatable bonds is 3. The number of carbonyl (C=O) groups excluding carboxylic acids is 1. The molecule has 3 saturated heterocycles. The molecule has 2 atom stereocenters. The van der Waals surface area contributed by atoms with E-state index in [9.17, 15) is 26.4 Å². The maximum atomic E-state index is 13.3. The minimum atomic E-state index is -5.08. The summed E-state index contributed by atoms with van der Waals surface area (Å²) in [6.45, 7) is 6.78. The van der Waals surface area contributed by atoms with Crippen LogP contribution in [0.25, 0.3) is 0 Å². The number of carboxylic acids is 1. The van der Waals surface area contributed by atoms with Gasteiger partial charge in [-0.1, -0.05) is 6.92 Å². The van der Waals surface area contributed by atoms with Crippen molar-refractivity contribution in [2.75, 3.05) is 45.5 Å². The number of carboxylic acid groups (broad SMARTS) is 1. The first kappa shape index (κ1) is 24.9. The first-order valence-corrected chi connectivity index (χ1v) is 12.0. The van der Waals surface area contributed by atoms with Gasteiger partial charge >= 0.3 is 12.1 Å². The molecule has 0 radical (unpaired) electrons. The van der Waals surface area contributed by atoms with Crippen LogP contribution in [0.3, 0.4) is 0 Å². The van der Waals surface area contributed by atoms with Crippen molar-refractivity contribution < 1.29 is 36.3 Å². The van der Waals surface area contributed by atoms with Crippen molar-refractivity contribution in [3.8, 4) is 0 Å². The lowest BCUT2D eigenvalue weighted by molar-refractivity contribution is -0.192. The number of aliphatic carboxylic acids is 1. The number of halogens is 3. The summed E-state index contributed by atoms with van der Waals surface area (Å²) in [6.07, 6.45) is 0.690. The molecule has 174 valence electrons. The highest BCUT2D eigenvalue weighted by Crippen LogP contribution is 2.45. The van der Waals surface area contributed by atoms with Gasteiger partial charge in [0.1, 0.15) is 0 Å². The number of carbonyl (C=O) groups is 2. The van der Waals surface area contributed by atoms with E-state index in [0.717, 1.165) is 51.9 Å². The molecule has 0 saturated carbocycles. The molecule has 3 heterocycles. The monoisotopic (exact) mass is 457 g/mol. The Morgan fingerprint density at radius 3 is 2.07 bits per heavy atom. The second-order valence-corrected chi connectivity index (χ2v) is 10.0. The van der Waals surface area contributed by atoms with E-state index < -0.39 is 22.2 Å². The van der Waals surface area contributed by atoms with E-state index in [2.05, 4.69) is 11.8 Å². The Balaban J connectivity index is 0.000000396. The molecule has 3 rings (SSSR count). The van der Waals surface area contributed by atoms with Crippen LogP contribution in [0.5, 0.6) is 0 Å². The van der Waals surface area contributed by atoms with E-state index >= 15 is 0 Å². The largest absolute Gasteiger partial charge is 0.490 e. The van der Waals surface area contributed by atoms with Crippen molar-refractivity contribution in [1.29, 1.82) is 0 Å². The smallest absolute Gasteiger partial charge is 0.475 e. The van der Waals surface area contributed by atoms with Gasteiger partial charge in [-0.25, -0.2) is 17.5 Å². The van der Waals surface area contributed by atoms with E-state index in [1.54, 1.807) is 4.31 Å². The van der Waals surface area contributed by atoms with E-state index in [4.69, 9.17) is 9.90 Å². The molecule has 0 aromatic heterocycles. The molecule has 0 aromatic rings. The predicted octanol–water partition coefficient (Wildman–Crippen LogP) is 1.38. The predicted molar refractivity (Wildman–Crippen MR) is 103 cm³/mol. The summed E-state index contributed by atoms with van der Waals surface area (Å²) in [7, 11) is -3.19. The SMILES string of the molecule is CCN1CC[C@@]2(C(=O)N3CCCC3)CCN(S(C)(=O)=O)CC[C@@H]12.O=C(O)C(F)(F)F. The zero-order valence-electron chi connectivity index (χ0n) is 17.3. The number of fused-ring (bicyclic) bond motifs is 1. The van der Waals surface area contributed by atoms with Gasteiger partial charge < -0.3 is 10.0 Å². The average Bonchev–Trinajstić information content (AvgIpc) is 3.24. The van der Waals surface area contributed by atoms with Crippen LogP contribution >= 0.6 is 0 Å². The lowest BCUT2D eigenvalue weighted by Gasteiger charge is -2.38. The Labute approximate surface area is 175 Å². The van der Waals surface area contributed by atoms with Crippen LogP contribution in [0.15, 0.2) is 0 Å². The third kappa shape index (κ3) is 5.44. The molecule has 12 heteroatoms. The molecule has 0 bridgehead atoms. The number of hydrogen-bond acceptors (Lipinski definition) is 5. The van der Waals surface area contributed by atoms with Crippen molar-refractivity contribution in [2.24, 2.45) is 5.41 Å². The van der Waals surface area contributed by atoms with Crippen LogP contribution in [-0.4, -0.2) is 97.2 Å². The van der Waals surface area contributed by atoms with Crippen LogP contribution in [0.2, 0.25) is 0 Å². The molecular formula is C18H30F3N3O5S. The molecule has 0 unspecified atom stereocenters. The quantitative estimate of drug-likeness (QED) is 0.688. The minimum absolute atomic E-state index is 0.187. The van der Waals surface area contributed by atoms with Gasteiger partial charge in [-0.2, -0.15) is 13.2 Å². The lowest BCUT2D eigenvalue weighted by atomic mass is 9.75. The Kier molecular flexibility index (Phi) is 7.78. The molecule has 3 aliphatic heterocycles. The van der Waals surface area contributed by atoms with E-state index in [-0.39, 0.29) is 17.4 Å². The van der Waals surface area contributed by atoms with E-state index in [1.807, 2.05) is 4.90 Å². The van der Waals surface area contributed by atoms with E-state index in [1.165, 1.54) is 6.26 Å². The normalized spacial score (nSPS) is 28.4. The maximum absolute atomic E-state index is 13.3. The second-order valence-electron chi connectivity index (χ2n) is 8.05. The van der Waals surface area contributed by atoms with Crippen molar-refractivity contribution in [3.05, 3.63) is 0 Å². The summed E-state index contributed by atoms with van der Waals surface area (Å²) < 4.78 is 57.2. The van der Waals surface area contributed by atoms with Gasteiger partial charge in [0, 0.05) is 32.2 Å². The number of alkyl halides is 3. The fraction of sp³-hybridized carbons (Fsp3) is 0.889. The topological polar surface area (TPSA) is 98.2 Å². The zero-order valence-corrected chi connectivity index (χ0v) is 18.1. The van der Waals surface area contributed by atoms with Gasteiger partial charge in [0.05, 0.1) is 11.7 Å². The van der Waals surface area contributed by atoms with Crippen LogP contribution in [-0.2, 0) is 19.6 Å². The molecule has 3 fully saturated rings. The second kappa shape index (κ2) is 9.39. The summed E-state index contributed by atoms with van der Waals surface area (Å²) in [5.74, 6) is -2.47. The van der Waals surface area contributed by atoms with Gasteiger partial charge in [-0.15, -0.1) is 0 Å². The molecule has 1 amide bonds. The third-order valence-corrected chi connectivity index (χ3v) is 7.62. The van der Waals surface area contributed by atoms with Gasteiger partial charge in [-0.3, -0.25) is 9.69 Å². The summed E-state index contributed by atoms with van der Waals surface area (Å²) in [5, 5.41) is 7.12. The van der Waals surface area contributed by atoms with Crippen LogP contribution < -0.4 is 0 Å². The van der Waals surface area contributed by atoms with Crippen LogP contribution in [0.1, 0.15) is 39.0 Å². The van der Waals surface area contributed by atoms with Gasteiger partial charge in [0.15, 0.2) is 0 Å². The van der Waals surface area contributed by atoms with Crippen molar-refractivity contribution in [3.63, 3.8) is 0 Å². The molecule has 3 aliphatic rings.